The van der Waals surface area contributed by atoms with Gasteiger partial charge in [-0.25, -0.2) is 9.59 Å². The first kappa shape index (κ1) is 19.5. The van der Waals surface area contributed by atoms with Gasteiger partial charge in [0, 0.05) is 40.3 Å². The molecule has 140 valence electrons. The van der Waals surface area contributed by atoms with Crippen molar-refractivity contribution >= 4 is 23.5 Å². The van der Waals surface area contributed by atoms with Crippen molar-refractivity contribution in [1.29, 1.82) is 0 Å². The highest BCUT2D eigenvalue weighted by molar-refractivity contribution is 6.15. The van der Waals surface area contributed by atoms with Gasteiger partial charge in [0.1, 0.15) is 0 Å². The summed E-state index contributed by atoms with van der Waals surface area (Å²) in [5.74, 6) is -3.16. The molecule has 1 fully saturated rings. The van der Waals surface area contributed by atoms with Gasteiger partial charge in [-0.1, -0.05) is 12.1 Å². The minimum atomic E-state index is -1.30. The van der Waals surface area contributed by atoms with E-state index in [1.54, 1.807) is 31.4 Å². The Morgan fingerprint density at radius 2 is 1.85 bits per heavy atom. The van der Waals surface area contributed by atoms with Crippen LogP contribution >= 0.6 is 0 Å². The predicted octanol–water partition coefficient (Wildman–Crippen LogP) is 1.58. The Kier molecular flexibility index (Phi) is 6.35. The number of benzene rings is 1. The van der Waals surface area contributed by atoms with Crippen LogP contribution in [0, 0.1) is 0 Å². The number of amides is 1. The van der Waals surface area contributed by atoms with E-state index in [-0.39, 0.29) is 11.5 Å². The van der Waals surface area contributed by atoms with E-state index in [0.29, 0.717) is 30.8 Å². The summed E-state index contributed by atoms with van der Waals surface area (Å²) >= 11 is 0. The molecule has 1 heterocycles. The molecule has 0 aromatic heterocycles. The van der Waals surface area contributed by atoms with Gasteiger partial charge in [0.25, 0.3) is 11.7 Å². The molecular formula is C18H22N2O6. The molecule has 2 rings (SSSR count). The molecule has 1 aliphatic rings. The van der Waals surface area contributed by atoms with Crippen LogP contribution in [0.2, 0.25) is 0 Å². The Bertz CT molecular complexity index is 704. The molecule has 26 heavy (non-hydrogen) atoms. The Labute approximate surface area is 151 Å². The number of methoxy groups -OCH3 is 1. The maximum atomic E-state index is 12.3. The minimum absolute atomic E-state index is 0.278. The number of carbonyl (C=O) groups excluding carboxylic acids is 3. The largest absolute Gasteiger partial charge is 0.419 e. The van der Waals surface area contributed by atoms with Crippen LogP contribution in [0.15, 0.2) is 36.0 Å². The Balaban J connectivity index is 2.09. The maximum Gasteiger partial charge on any atom is 0.350 e. The molecule has 0 spiro atoms. The van der Waals surface area contributed by atoms with Crippen LogP contribution in [0.1, 0.15) is 30.6 Å². The number of nitrogens with one attached hydrogen (secondary N) is 2. The highest BCUT2D eigenvalue weighted by atomic mass is 16.7. The van der Waals surface area contributed by atoms with Crippen LogP contribution in [0.4, 0.5) is 5.69 Å². The number of esters is 2. The second kappa shape index (κ2) is 8.48. The summed E-state index contributed by atoms with van der Waals surface area (Å²) in [7, 11) is 1.59. The van der Waals surface area contributed by atoms with Crippen molar-refractivity contribution in [3.8, 4) is 0 Å². The Hall–Kier alpha value is -2.87. The van der Waals surface area contributed by atoms with Crippen LogP contribution < -0.4 is 10.6 Å². The van der Waals surface area contributed by atoms with E-state index in [4.69, 9.17) is 14.2 Å². The van der Waals surface area contributed by atoms with E-state index in [0.717, 1.165) is 0 Å². The molecular weight excluding hydrogens is 340 g/mol. The molecule has 1 aromatic rings. The van der Waals surface area contributed by atoms with Gasteiger partial charge in [-0.15, -0.1) is 0 Å². The molecule has 1 aromatic carbocycles. The summed E-state index contributed by atoms with van der Waals surface area (Å²) in [6.45, 7) is 3.95. The van der Waals surface area contributed by atoms with Gasteiger partial charge in [-0.05, 0) is 18.6 Å². The molecule has 0 bridgehead atoms. The fourth-order valence-corrected chi connectivity index (χ4v) is 2.25. The summed E-state index contributed by atoms with van der Waals surface area (Å²) in [5, 5.41) is 5.58. The number of cyclic esters (lactones) is 2. The number of rotatable bonds is 7. The third kappa shape index (κ3) is 5.06. The first-order valence-corrected chi connectivity index (χ1v) is 8.13. The normalized spacial score (nSPS) is 15.7. The van der Waals surface area contributed by atoms with Crippen molar-refractivity contribution in [3.63, 3.8) is 0 Å². The van der Waals surface area contributed by atoms with Crippen molar-refractivity contribution in [1.82, 2.24) is 5.32 Å². The Morgan fingerprint density at radius 1 is 1.19 bits per heavy atom. The van der Waals surface area contributed by atoms with E-state index < -0.39 is 17.7 Å². The summed E-state index contributed by atoms with van der Waals surface area (Å²) in [6, 6.07) is 6.73. The molecule has 0 saturated carbocycles. The van der Waals surface area contributed by atoms with E-state index in [1.165, 1.54) is 20.0 Å². The third-order valence-electron chi connectivity index (χ3n) is 3.47. The lowest BCUT2D eigenvalue weighted by Crippen LogP contribution is -2.42. The molecule has 1 saturated heterocycles. The zero-order valence-electron chi connectivity index (χ0n) is 15.0. The van der Waals surface area contributed by atoms with Gasteiger partial charge >= 0.3 is 11.9 Å². The van der Waals surface area contributed by atoms with Gasteiger partial charge in [0.2, 0.25) is 0 Å². The van der Waals surface area contributed by atoms with Crippen molar-refractivity contribution in [3.05, 3.63) is 41.6 Å². The predicted molar refractivity (Wildman–Crippen MR) is 93.2 cm³/mol. The molecule has 0 aliphatic carbocycles. The van der Waals surface area contributed by atoms with E-state index in [9.17, 15) is 14.4 Å². The molecule has 1 amide bonds. The van der Waals surface area contributed by atoms with Gasteiger partial charge in [0.05, 0.1) is 11.3 Å². The number of ether oxygens (including phenoxy) is 3. The third-order valence-corrected chi connectivity index (χ3v) is 3.47. The Morgan fingerprint density at radius 3 is 2.50 bits per heavy atom. The molecule has 0 atom stereocenters. The zero-order valence-corrected chi connectivity index (χ0v) is 15.0. The number of para-hydroxylation sites is 1. The summed E-state index contributed by atoms with van der Waals surface area (Å²) < 4.78 is 15.0. The van der Waals surface area contributed by atoms with Crippen molar-refractivity contribution in [2.45, 2.75) is 26.1 Å². The van der Waals surface area contributed by atoms with E-state index in [2.05, 4.69) is 10.6 Å². The first-order valence-electron chi connectivity index (χ1n) is 8.13. The fraction of sp³-hybridized carbons (Fsp3) is 0.389. The molecule has 8 nitrogen and oxygen atoms in total. The van der Waals surface area contributed by atoms with Gasteiger partial charge in [0.15, 0.2) is 5.57 Å². The molecule has 0 radical (unpaired) electrons. The standard InChI is InChI=1S/C18H22N2O6/c1-18(2)25-16(22)13(17(23)26-18)11-20-14-8-5-4-7-12(14)15(21)19-9-6-10-24-3/h4-5,7-8,11,20H,6,9-10H2,1-3H3,(H,19,21). The van der Waals surface area contributed by atoms with E-state index in [1.807, 2.05) is 0 Å². The van der Waals surface area contributed by atoms with Crippen LogP contribution in [-0.4, -0.2) is 43.9 Å². The molecule has 0 unspecified atom stereocenters. The molecule has 8 heteroatoms. The lowest BCUT2D eigenvalue weighted by Gasteiger charge is -2.29. The van der Waals surface area contributed by atoms with Gasteiger partial charge < -0.3 is 24.8 Å². The lowest BCUT2D eigenvalue weighted by atomic mass is 10.1. The summed E-state index contributed by atoms with van der Waals surface area (Å²) in [4.78, 5) is 36.2. The quantitative estimate of drug-likeness (QED) is 0.328. The highest BCUT2D eigenvalue weighted by Crippen LogP contribution is 2.23. The monoisotopic (exact) mass is 362 g/mol. The maximum absolute atomic E-state index is 12.3. The first-order chi connectivity index (χ1) is 12.3. The second-order valence-electron chi connectivity index (χ2n) is 6.03. The van der Waals surface area contributed by atoms with Crippen LogP contribution in [0.3, 0.4) is 0 Å². The van der Waals surface area contributed by atoms with Crippen molar-refractivity contribution in [2.75, 3.05) is 25.6 Å². The number of carbonyl (C=O) groups is 3. The zero-order chi connectivity index (χ0) is 19.2. The second-order valence-corrected chi connectivity index (χ2v) is 6.03. The van der Waals surface area contributed by atoms with Crippen molar-refractivity contribution in [2.24, 2.45) is 0 Å². The lowest BCUT2D eigenvalue weighted by molar-refractivity contribution is -0.222. The summed E-state index contributed by atoms with van der Waals surface area (Å²) in [6.07, 6.45) is 1.87. The minimum Gasteiger partial charge on any atom is -0.419 e. The smallest absolute Gasteiger partial charge is 0.350 e. The van der Waals surface area contributed by atoms with Crippen molar-refractivity contribution < 1.29 is 28.6 Å². The molecule has 2 N–H and O–H groups in total. The van der Waals surface area contributed by atoms with Crippen LogP contribution in [-0.2, 0) is 23.8 Å². The molecule has 1 aliphatic heterocycles. The summed E-state index contributed by atoms with van der Waals surface area (Å²) in [5.41, 5.74) is 0.536. The number of hydrogen-bond acceptors (Lipinski definition) is 7. The van der Waals surface area contributed by atoms with E-state index >= 15 is 0 Å². The van der Waals surface area contributed by atoms with Crippen LogP contribution in [0.25, 0.3) is 0 Å². The topological polar surface area (TPSA) is 103 Å². The van der Waals surface area contributed by atoms with Gasteiger partial charge in [-0.2, -0.15) is 0 Å². The average molecular weight is 362 g/mol. The highest BCUT2D eigenvalue weighted by Gasteiger charge is 2.38. The number of anilines is 1. The fourth-order valence-electron chi connectivity index (χ4n) is 2.25. The number of hydrogen-bond donors (Lipinski definition) is 2. The van der Waals surface area contributed by atoms with Gasteiger partial charge in [-0.3, -0.25) is 4.79 Å². The SMILES string of the molecule is COCCCNC(=O)c1ccccc1NC=C1C(=O)OC(C)(C)OC1=O. The van der Waals surface area contributed by atoms with Crippen LogP contribution in [0.5, 0.6) is 0 Å². The average Bonchev–Trinajstić information content (AvgIpc) is 2.57.